The molecule has 0 atom stereocenters. The van der Waals surface area contributed by atoms with Gasteiger partial charge in [-0.3, -0.25) is 9.97 Å². The Kier molecular flexibility index (Phi) is 7.40. The quantitative estimate of drug-likeness (QED) is 0.176. The minimum Gasteiger partial charge on any atom is -0.309 e. The van der Waals surface area contributed by atoms with Crippen molar-refractivity contribution in [2.24, 2.45) is 11.8 Å². The Labute approximate surface area is 282 Å². The number of para-hydroxylation sites is 2. The first-order chi connectivity index (χ1) is 23.3. The summed E-state index contributed by atoms with van der Waals surface area (Å²) in [6.07, 6.45) is 6.07. The third kappa shape index (κ3) is 5.07. The third-order valence-corrected chi connectivity index (χ3v) is 9.69. The second-order valence-electron chi connectivity index (χ2n) is 14.3. The monoisotopic (exact) mass is 626 g/mol. The predicted molar refractivity (Wildman–Crippen MR) is 203 cm³/mol. The first-order valence-electron chi connectivity index (χ1n) is 17.3. The van der Waals surface area contributed by atoms with Crippen LogP contribution in [0.5, 0.6) is 0 Å². The summed E-state index contributed by atoms with van der Waals surface area (Å²) in [7, 11) is 0. The zero-order valence-electron chi connectivity index (χ0n) is 28.8. The summed E-state index contributed by atoms with van der Waals surface area (Å²) < 4.78 is 4.82. The molecule has 0 aliphatic carbocycles. The van der Waals surface area contributed by atoms with Crippen LogP contribution < -0.4 is 0 Å². The molecule has 0 fully saturated rings. The van der Waals surface area contributed by atoms with Gasteiger partial charge in [-0.1, -0.05) is 76.2 Å². The van der Waals surface area contributed by atoms with E-state index in [1.165, 1.54) is 77.2 Å². The molecular weight excluding hydrogens is 585 g/mol. The molecule has 8 aromatic rings. The van der Waals surface area contributed by atoms with Crippen molar-refractivity contribution in [2.45, 2.75) is 54.4 Å². The molecule has 0 unspecified atom stereocenters. The van der Waals surface area contributed by atoms with Crippen LogP contribution >= 0.6 is 0 Å². The summed E-state index contributed by atoms with van der Waals surface area (Å²) in [5.74, 6) is 1.11. The van der Waals surface area contributed by atoms with Crippen LogP contribution in [0.15, 0.2) is 109 Å². The average molecular weight is 627 g/mol. The van der Waals surface area contributed by atoms with Crippen molar-refractivity contribution in [3.63, 3.8) is 0 Å². The molecule has 0 bridgehead atoms. The number of hydrogen-bond donors (Lipinski definition) is 0. The largest absolute Gasteiger partial charge is 0.309 e. The van der Waals surface area contributed by atoms with E-state index in [1.54, 1.807) is 0 Å². The molecule has 8 rings (SSSR count). The standard InChI is InChI=1S/C44H42N4/c1-27(2)19-31-23-43-39(25-45-31)37-11-7-9-13-41(37)47(43)33-15-17-35(29(5)21-33)36-18-16-34(22-30(36)6)48-42-14-10-8-12-38(42)40-26-46-32(20-28(3)4)24-44(40)48/h7-18,21-28H,19-20H2,1-6H3. The van der Waals surface area contributed by atoms with Crippen LogP contribution in [0.2, 0.25) is 0 Å². The van der Waals surface area contributed by atoms with Crippen molar-refractivity contribution in [3.05, 3.63) is 132 Å². The Morgan fingerprint density at radius 3 is 1.29 bits per heavy atom. The van der Waals surface area contributed by atoms with E-state index in [0.717, 1.165) is 24.2 Å². The topological polar surface area (TPSA) is 35.6 Å². The number of pyridine rings is 2. The van der Waals surface area contributed by atoms with Gasteiger partial charge in [0.15, 0.2) is 0 Å². The number of rotatable bonds is 7. The Balaban J connectivity index is 1.22. The lowest BCUT2D eigenvalue weighted by Gasteiger charge is -2.16. The smallest absolute Gasteiger partial charge is 0.0574 e. The predicted octanol–water partition coefficient (Wildman–Crippen LogP) is 11.4. The van der Waals surface area contributed by atoms with Crippen LogP contribution in [0, 0.1) is 25.7 Å². The molecule has 4 aromatic carbocycles. The lowest BCUT2D eigenvalue weighted by molar-refractivity contribution is 0.636. The summed E-state index contributed by atoms with van der Waals surface area (Å²) in [6, 6.07) is 35.8. The minimum atomic E-state index is 0.554. The summed E-state index contributed by atoms with van der Waals surface area (Å²) in [5.41, 5.74) is 14.5. The number of fused-ring (bicyclic) bond motifs is 6. The van der Waals surface area contributed by atoms with E-state index < -0.39 is 0 Å². The zero-order chi connectivity index (χ0) is 33.1. The van der Waals surface area contributed by atoms with Gasteiger partial charge in [-0.05, 0) is 109 Å². The molecule has 4 aromatic heterocycles. The van der Waals surface area contributed by atoms with Gasteiger partial charge in [0.05, 0.1) is 22.1 Å². The number of benzene rings is 4. The van der Waals surface area contributed by atoms with Crippen LogP contribution in [0.1, 0.15) is 50.2 Å². The Morgan fingerprint density at radius 2 is 0.896 bits per heavy atom. The molecular formula is C44H42N4. The van der Waals surface area contributed by atoms with Crippen molar-refractivity contribution in [1.82, 2.24) is 19.1 Å². The van der Waals surface area contributed by atoms with Gasteiger partial charge in [0.2, 0.25) is 0 Å². The number of nitrogens with zero attached hydrogens (tertiary/aromatic N) is 4. The van der Waals surface area contributed by atoms with Crippen LogP contribution in [0.3, 0.4) is 0 Å². The van der Waals surface area contributed by atoms with Crippen molar-refractivity contribution in [2.75, 3.05) is 0 Å². The summed E-state index contributed by atoms with van der Waals surface area (Å²) in [4.78, 5) is 9.68. The molecule has 0 aliphatic heterocycles. The highest BCUT2D eigenvalue weighted by molar-refractivity contribution is 6.10. The van der Waals surface area contributed by atoms with E-state index in [4.69, 9.17) is 9.97 Å². The van der Waals surface area contributed by atoms with E-state index in [9.17, 15) is 0 Å². The maximum atomic E-state index is 4.84. The fraction of sp³-hybridized carbons (Fsp3) is 0.227. The molecule has 0 saturated carbocycles. The summed E-state index contributed by atoms with van der Waals surface area (Å²) in [5, 5.41) is 4.87. The van der Waals surface area contributed by atoms with Crippen LogP contribution in [-0.2, 0) is 12.8 Å². The highest BCUT2D eigenvalue weighted by Crippen LogP contribution is 2.37. The van der Waals surface area contributed by atoms with E-state index in [0.29, 0.717) is 11.8 Å². The fourth-order valence-corrected chi connectivity index (χ4v) is 7.60. The van der Waals surface area contributed by atoms with Gasteiger partial charge in [-0.15, -0.1) is 0 Å². The van der Waals surface area contributed by atoms with Gasteiger partial charge >= 0.3 is 0 Å². The van der Waals surface area contributed by atoms with Crippen molar-refractivity contribution >= 4 is 43.6 Å². The van der Waals surface area contributed by atoms with Gasteiger partial charge in [0.1, 0.15) is 0 Å². The van der Waals surface area contributed by atoms with Crippen LogP contribution in [-0.4, -0.2) is 19.1 Å². The average Bonchev–Trinajstić information content (AvgIpc) is 3.56. The molecule has 0 aliphatic rings. The first kappa shape index (κ1) is 30.1. The maximum absolute atomic E-state index is 4.84. The van der Waals surface area contributed by atoms with Gasteiger partial charge in [-0.25, -0.2) is 0 Å². The Morgan fingerprint density at radius 1 is 0.479 bits per heavy atom. The highest BCUT2D eigenvalue weighted by atomic mass is 15.0. The van der Waals surface area contributed by atoms with Crippen molar-refractivity contribution in [3.8, 4) is 22.5 Å². The molecule has 4 nitrogen and oxygen atoms in total. The Hall–Kier alpha value is -5.22. The highest BCUT2D eigenvalue weighted by Gasteiger charge is 2.17. The van der Waals surface area contributed by atoms with E-state index in [-0.39, 0.29) is 0 Å². The van der Waals surface area contributed by atoms with Gasteiger partial charge in [0, 0.05) is 56.7 Å². The zero-order valence-corrected chi connectivity index (χ0v) is 28.8. The van der Waals surface area contributed by atoms with Crippen LogP contribution in [0.25, 0.3) is 66.1 Å². The SMILES string of the molecule is Cc1cc(-n2c3ccccc3c3cnc(CC(C)C)cc32)ccc1-c1ccc(-n2c3ccccc3c3cnc(CC(C)C)cc32)cc1C. The molecule has 0 spiro atoms. The molecule has 0 radical (unpaired) electrons. The first-order valence-corrected chi connectivity index (χ1v) is 17.3. The van der Waals surface area contributed by atoms with E-state index in [2.05, 4.69) is 160 Å². The number of aryl methyl sites for hydroxylation is 2. The second-order valence-corrected chi connectivity index (χ2v) is 14.3. The Bertz CT molecular complexity index is 2320. The van der Waals surface area contributed by atoms with E-state index >= 15 is 0 Å². The molecule has 0 N–H and O–H groups in total. The molecule has 0 saturated heterocycles. The summed E-state index contributed by atoms with van der Waals surface area (Å²) >= 11 is 0. The minimum absolute atomic E-state index is 0.554. The lowest BCUT2D eigenvalue weighted by Crippen LogP contribution is -2.00. The van der Waals surface area contributed by atoms with Crippen LogP contribution in [0.4, 0.5) is 0 Å². The van der Waals surface area contributed by atoms with Gasteiger partial charge < -0.3 is 9.13 Å². The molecule has 0 amide bonds. The molecule has 238 valence electrons. The molecule has 48 heavy (non-hydrogen) atoms. The third-order valence-electron chi connectivity index (χ3n) is 9.69. The summed E-state index contributed by atoms with van der Waals surface area (Å²) in [6.45, 7) is 13.5. The van der Waals surface area contributed by atoms with Crippen molar-refractivity contribution in [1.29, 1.82) is 0 Å². The van der Waals surface area contributed by atoms with Gasteiger partial charge in [-0.2, -0.15) is 0 Å². The number of hydrogen-bond acceptors (Lipinski definition) is 2. The number of aromatic nitrogens is 4. The van der Waals surface area contributed by atoms with E-state index in [1.807, 2.05) is 0 Å². The fourth-order valence-electron chi connectivity index (χ4n) is 7.60. The molecule has 4 heterocycles. The van der Waals surface area contributed by atoms with Gasteiger partial charge in [0.25, 0.3) is 0 Å². The van der Waals surface area contributed by atoms with Crippen molar-refractivity contribution < 1.29 is 0 Å². The normalized spacial score (nSPS) is 12.1. The lowest BCUT2D eigenvalue weighted by atomic mass is 9.95. The maximum Gasteiger partial charge on any atom is 0.0574 e. The second kappa shape index (κ2) is 11.8. The molecule has 4 heteroatoms.